The van der Waals surface area contributed by atoms with Crippen LogP contribution in [-0.4, -0.2) is 47.8 Å². The number of pyridine rings is 1. The maximum atomic E-state index is 12.8. The van der Waals surface area contributed by atoms with E-state index in [0.717, 1.165) is 17.5 Å². The van der Waals surface area contributed by atoms with Crippen LogP contribution in [0.25, 0.3) is 16.6 Å². The molecule has 162 valence electrons. The van der Waals surface area contributed by atoms with E-state index in [1.165, 1.54) is 11.1 Å². The van der Waals surface area contributed by atoms with Crippen molar-refractivity contribution in [2.45, 2.75) is 26.3 Å². The first-order valence-corrected chi connectivity index (χ1v) is 10.4. The number of ether oxygens (including phenoxy) is 2. The first-order valence-electron chi connectivity index (χ1n) is 10.4. The molecule has 2 amide bonds. The number of fused-ring (bicyclic) bond motifs is 1. The number of benzene rings is 1. The molecule has 1 aliphatic heterocycles. The van der Waals surface area contributed by atoms with Crippen LogP contribution < -0.4 is 14.8 Å². The molecular weight excluding hydrogens is 392 g/mol. The summed E-state index contributed by atoms with van der Waals surface area (Å²) in [5.74, 6) is 1.24. The summed E-state index contributed by atoms with van der Waals surface area (Å²) < 4.78 is 12.8. The number of carbonyl (C=O) groups is 1. The molecule has 31 heavy (non-hydrogen) atoms. The summed E-state index contributed by atoms with van der Waals surface area (Å²) in [7, 11) is 3.17. The molecule has 1 aliphatic rings. The molecule has 0 bridgehead atoms. The van der Waals surface area contributed by atoms with Gasteiger partial charge < -0.3 is 24.3 Å². The highest BCUT2D eigenvalue weighted by molar-refractivity contribution is 5.94. The lowest BCUT2D eigenvalue weighted by Gasteiger charge is -2.27. The average molecular weight is 421 g/mol. The third-order valence-electron chi connectivity index (χ3n) is 5.64. The first-order chi connectivity index (χ1) is 15.0. The molecule has 0 saturated heterocycles. The van der Waals surface area contributed by atoms with Gasteiger partial charge in [0.15, 0.2) is 0 Å². The Kier molecular flexibility index (Phi) is 5.84. The van der Waals surface area contributed by atoms with Crippen LogP contribution in [-0.2, 0) is 0 Å². The fourth-order valence-corrected chi connectivity index (χ4v) is 3.93. The van der Waals surface area contributed by atoms with E-state index in [4.69, 9.17) is 9.47 Å². The van der Waals surface area contributed by atoms with Crippen LogP contribution >= 0.6 is 0 Å². The third-order valence-corrected chi connectivity index (χ3v) is 5.64. The highest BCUT2D eigenvalue weighted by atomic mass is 16.5. The number of anilines is 1. The Morgan fingerprint density at radius 3 is 2.71 bits per heavy atom. The van der Waals surface area contributed by atoms with E-state index >= 15 is 0 Å². The van der Waals surface area contributed by atoms with E-state index in [-0.39, 0.29) is 6.03 Å². The van der Waals surface area contributed by atoms with Gasteiger partial charge in [-0.25, -0.2) is 9.78 Å². The van der Waals surface area contributed by atoms with Crippen molar-refractivity contribution in [2.24, 2.45) is 0 Å². The quantitative estimate of drug-likeness (QED) is 0.634. The molecule has 0 spiro atoms. The fourth-order valence-electron chi connectivity index (χ4n) is 3.93. The number of rotatable bonds is 5. The molecule has 7 heteroatoms. The Morgan fingerprint density at radius 2 is 2.03 bits per heavy atom. The number of nitrogens with one attached hydrogen (secondary N) is 1. The Balaban J connectivity index is 1.51. The maximum Gasteiger partial charge on any atom is 0.322 e. The Bertz CT molecular complexity index is 1130. The van der Waals surface area contributed by atoms with Crippen molar-refractivity contribution in [2.75, 3.05) is 32.6 Å². The number of carbonyl (C=O) groups excluding carboxylic acids is 1. The molecule has 1 N–H and O–H groups in total. The smallest absolute Gasteiger partial charge is 0.322 e. The molecule has 0 unspecified atom stereocenters. The van der Waals surface area contributed by atoms with Gasteiger partial charge in [0.25, 0.3) is 0 Å². The zero-order chi connectivity index (χ0) is 22.0. The lowest BCUT2D eigenvalue weighted by atomic mass is 10.00. The number of aromatic nitrogens is 2. The van der Waals surface area contributed by atoms with Crippen LogP contribution in [0.4, 0.5) is 10.5 Å². The standard InChI is InChI=1S/C24H28N4O3/c1-16(2)28-15-20(19-6-5-11-25-23(19)28)17-9-12-27(13-10-17)24(29)26-21-8-7-18(30-3)14-22(21)31-4/h5-9,11,14-16H,10,12-13H2,1-4H3,(H,26,29). The summed E-state index contributed by atoms with van der Waals surface area (Å²) >= 11 is 0. The molecule has 3 aromatic rings. The lowest BCUT2D eigenvalue weighted by Crippen LogP contribution is -2.37. The van der Waals surface area contributed by atoms with Gasteiger partial charge in [0.1, 0.15) is 17.1 Å². The zero-order valence-electron chi connectivity index (χ0n) is 18.4. The van der Waals surface area contributed by atoms with Gasteiger partial charge in [-0.15, -0.1) is 0 Å². The average Bonchev–Trinajstić information content (AvgIpc) is 3.19. The predicted octanol–water partition coefficient (Wildman–Crippen LogP) is 4.96. The molecule has 2 aromatic heterocycles. The van der Waals surface area contributed by atoms with E-state index in [2.05, 4.69) is 47.1 Å². The SMILES string of the molecule is COc1ccc(NC(=O)N2CC=C(c3cn(C(C)C)c4ncccc34)CC2)c(OC)c1. The number of methoxy groups -OCH3 is 2. The fraction of sp³-hybridized carbons (Fsp3) is 0.333. The first kappa shape index (κ1) is 20.8. The van der Waals surface area contributed by atoms with E-state index in [1.54, 1.807) is 37.3 Å². The Labute approximate surface area is 182 Å². The number of nitrogens with zero attached hydrogens (tertiary/aromatic N) is 3. The molecule has 0 radical (unpaired) electrons. The van der Waals surface area contributed by atoms with Gasteiger partial charge in [-0.2, -0.15) is 0 Å². The lowest BCUT2D eigenvalue weighted by molar-refractivity contribution is 0.217. The van der Waals surface area contributed by atoms with E-state index in [9.17, 15) is 4.79 Å². The minimum Gasteiger partial charge on any atom is -0.497 e. The van der Waals surface area contributed by atoms with Gasteiger partial charge in [0, 0.05) is 48.5 Å². The molecule has 4 rings (SSSR count). The topological polar surface area (TPSA) is 68.6 Å². The van der Waals surface area contributed by atoms with Crippen molar-refractivity contribution in [1.82, 2.24) is 14.5 Å². The van der Waals surface area contributed by atoms with Gasteiger partial charge in [0.2, 0.25) is 0 Å². The predicted molar refractivity (Wildman–Crippen MR) is 123 cm³/mol. The van der Waals surface area contributed by atoms with Crippen molar-refractivity contribution in [3.8, 4) is 11.5 Å². The van der Waals surface area contributed by atoms with Crippen LogP contribution in [0.1, 0.15) is 31.9 Å². The van der Waals surface area contributed by atoms with E-state index < -0.39 is 0 Å². The van der Waals surface area contributed by atoms with Gasteiger partial charge in [-0.1, -0.05) is 6.08 Å². The largest absolute Gasteiger partial charge is 0.497 e. The van der Waals surface area contributed by atoms with Crippen molar-refractivity contribution in [1.29, 1.82) is 0 Å². The van der Waals surface area contributed by atoms with Gasteiger partial charge in [-0.3, -0.25) is 0 Å². The Hall–Kier alpha value is -3.48. The molecule has 0 fully saturated rings. The van der Waals surface area contributed by atoms with E-state index in [1.807, 2.05) is 12.3 Å². The summed E-state index contributed by atoms with van der Waals surface area (Å²) in [6, 6.07) is 9.61. The van der Waals surface area contributed by atoms with Crippen LogP contribution in [0.15, 0.2) is 48.8 Å². The molecule has 0 aliphatic carbocycles. The van der Waals surface area contributed by atoms with Crippen molar-refractivity contribution in [3.63, 3.8) is 0 Å². The van der Waals surface area contributed by atoms with Gasteiger partial charge >= 0.3 is 6.03 Å². The van der Waals surface area contributed by atoms with Crippen LogP contribution in [0.3, 0.4) is 0 Å². The highest BCUT2D eigenvalue weighted by Crippen LogP contribution is 2.33. The van der Waals surface area contributed by atoms with E-state index in [0.29, 0.717) is 36.3 Å². The van der Waals surface area contributed by atoms with Crippen molar-refractivity contribution < 1.29 is 14.3 Å². The third kappa shape index (κ3) is 4.08. The number of amides is 2. The molecule has 7 nitrogen and oxygen atoms in total. The van der Waals surface area contributed by atoms with Crippen molar-refractivity contribution in [3.05, 3.63) is 54.4 Å². The molecule has 3 heterocycles. The normalized spacial score (nSPS) is 14.0. The summed E-state index contributed by atoms with van der Waals surface area (Å²) in [4.78, 5) is 19.2. The van der Waals surface area contributed by atoms with Crippen LogP contribution in [0.5, 0.6) is 11.5 Å². The second kappa shape index (κ2) is 8.71. The molecule has 0 atom stereocenters. The summed E-state index contributed by atoms with van der Waals surface area (Å²) in [6.45, 7) is 5.51. The van der Waals surface area contributed by atoms with Gasteiger partial charge in [0.05, 0.1) is 19.9 Å². The molecular formula is C24H28N4O3. The van der Waals surface area contributed by atoms with Crippen LogP contribution in [0, 0.1) is 0 Å². The second-order valence-electron chi connectivity index (χ2n) is 7.84. The highest BCUT2D eigenvalue weighted by Gasteiger charge is 2.22. The molecule has 1 aromatic carbocycles. The zero-order valence-corrected chi connectivity index (χ0v) is 18.4. The molecule has 0 saturated carbocycles. The number of urea groups is 1. The minimum atomic E-state index is -0.148. The second-order valence-corrected chi connectivity index (χ2v) is 7.84. The maximum absolute atomic E-state index is 12.8. The minimum absolute atomic E-state index is 0.148. The number of hydrogen-bond donors (Lipinski definition) is 1. The summed E-state index contributed by atoms with van der Waals surface area (Å²) in [6.07, 6.45) is 6.95. The monoisotopic (exact) mass is 420 g/mol. The summed E-state index contributed by atoms with van der Waals surface area (Å²) in [5.41, 5.74) is 4.08. The Morgan fingerprint density at radius 1 is 1.19 bits per heavy atom. The van der Waals surface area contributed by atoms with Gasteiger partial charge in [-0.05, 0) is 50.1 Å². The number of hydrogen-bond acceptors (Lipinski definition) is 4. The summed E-state index contributed by atoms with van der Waals surface area (Å²) in [5, 5.41) is 4.10. The van der Waals surface area contributed by atoms with Crippen molar-refractivity contribution >= 4 is 28.3 Å². The van der Waals surface area contributed by atoms with Crippen LogP contribution in [0.2, 0.25) is 0 Å².